The first-order valence-electron chi connectivity index (χ1n) is 9.59. The molecule has 0 radical (unpaired) electrons. The maximum absolute atomic E-state index is 12.2. The topological polar surface area (TPSA) is 101 Å². The minimum absolute atomic E-state index is 0.144. The summed E-state index contributed by atoms with van der Waals surface area (Å²) in [5.41, 5.74) is 2.39. The van der Waals surface area contributed by atoms with Crippen molar-refractivity contribution >= 4 is 39.2 Å². The molecule has 158 valence electrons. The van der Waals surface area contributed by atoms with Gasteiger partial charge in [0.2, 0.25) is 5.91 Å². The van der Waals surface area contributed by atoms with E-state index >= 15 is 0 Å². The molecule has 3 aromatic rings. The van der Waals surface area contributed by atoms with Crippen molar-refractivity contribution in [1.29, 1.82) is 0 Å². The third-order valence-electron chi connectivity index (χ3n) is 4.54. The second kappa shape index (κ2) is 9.32. The highest BCUT2D eigenvalue weighted by atomic mass is 32.2. The average molecular weight is 453 g/mol. The number of sulfonamides is 1. The Labute approximate surface area is 185 Å². The molecule has 0 atom stereocenters. The van der Waals surface area contributed by atoms with E-state index in [1.807, 2.05) is 42.6 Å². The number of benzene rings is 2. The van der Waals surface area contributed by atoms with Gasteiger partial charge in [-0.25, -0.2) is 8.42 Å². The Hall–Kier alpha value is -3.17. The molecule has 0 saturated heterocycles. The summed E-state index contributed by atoms with van der Waals surface area (Å²) in [7, 11) is -3.57. The number of aromatic nitrogens is 1. The van der Waals surface area contributed by atoms with E-state index in [2.05, 4.69) is 20.0 Å². The van der Waals surface area contributed by atoms with Crippen molar-refractivity contribution in [2.45, 2.75) is 22.0 Å². The smallest absolute Gasteiger partial charge is 0.263 e. The SMILES string of the molecule is O=C(CCN=C1NS(=O)(=O)c2ccccc21)Nc1ccc(SCc2cccnc2)cc1. The number of amidine groups is 1. The molecule has 0 aliphatic carbocycles. The molecular weight excluding hydrogens is 432 g/mol. The zero-order valence-electron chi connectivity index (χ0n) is 16.5. The molecular formula is C22H20N4O3S2. The molecule has 2 aromatic carbocycles. The lowest BCUT2D eigenvalue weighted by atomic mass is 10.2. The highest BCUT2D eigenvalue weighted by Gasteiger charge is 2.29. The maximum atomic E-state index is 12.2. The molecule has 0 bridgehead atoms. The predicted molar refractivity (Wildman–Crippen MR) is 122 cm³/mol. The summed E-state index contributed by atoms with van der Waals surface area (Å²) >= 11 is 1.70. The number of anilines is 1. The number of nitrogens with zero attached hydrogens (tertiary/aromatic N) is 2. The Bertz CT molecular complexity index is 1210. The lowest BCUT2D eigenvalue weighted by molar-refractivity contribution is -0.116. The second-order valence-corrected chi connectivity index (χ2v) is 9.50. The summed E-state index contributed by atoms with van der Waals surface area (Å²) in [5, 5.41) is 2.84. The molecule has 9 heteroatoms. The van der Waals surface area contributed by atoms with Gasteiger partial charge in [-0.1, -0.05) is 18.2 Å². The molecule has 4 rings (SSSR count). The molecule has 1 amide bonds. The zero-order valence-corrected chi connectivity index (χ0v) is 18.1. The van der Waals surface area contributed by atoms with E-state index in [0.717, 1.165) is 16.2 Å². The standard InChI is InChI=1S/C22H20N4O3S2/c27-21(11-13-24-22-19-5-1-2-6-20(19)31(28,29)26-22)25-17-7-9-18(10-8-17)30-15-16-4-3-12-23-14-16/h1-10,12,14H,11,13,15H2,(H,24,26)(H,25,27). The van der Waals surface area contributed by atoms with Gasteiger partial charge in [-0.3, -0.25) is 19.5 Å². The van der Waals surface area contributed by atoms with Gasteiger partial charge in [-0.05, 0) is 48.0 Å². The Balaban J connectivity index is 1.28. The van der Waals surface area contributed by atoms with Gasteiger partial charge >= 0.3 is 0 Å². The number of nitrogens with one attached hydrogen (secondary N) is 2. The monoisotopic (exact) mass is 452 g/mol. The highest BCUT2D eigenvalue weighted by molar-refractivity contribution is 7.98. The van der Waals surface area contributed by atoms with Crippen molar-refractivity contribution in [1.82, 2.24) is 9.71 Å². The largest absolute Gasteiger partial charge is 0.326 e. The summed E-state index contributed by atoms with van der Waals surface area (Å²) in [6.45, 7) is 0.178. The van der Waals surface area contributed by atoms with Crippen LogP contribution in [0.1, 0.15) is 17.5 Å². The number of rotatable bonds is 7. The number of amides is 1. The number of carbonyl (C=O) groups is 1. The van der Waals surface area contributed by atoms with Crippen molar-refractivity contribution in [3.63, 3.8) is 0 Å². The fourth-order valence-electron chi connectivity index (χ4n) is 3.03. The van der Waals surface area contributed by atoms with Gasteiger partial charge in [0.15, 0.2) is 0 Å². The van der Waals surface area contributed by atoms with Crippen LogP contribution in [0.5, 0.6) is 0 Å². The van der Waals surface area contributed by atoms with Crippen LogP contribution in [0.25, 0.3) is 0 Å². The molecule has 2 heterocycles. The van der Waals surface area contributed by atoms with Crippen LogP contribution in [-0.4, -0.2) is 31.7 Å². The van der Waals surface area contributed by atoms with E-state index < -0.39 is 10.0 Å². The Morgan fingerprint density at radius 1 is 1.06 bits per heavy atom. The van der Waals surface area contributed by atoms with E-state index in [0.29, 0.717) is 11.3 Å². The Morgan fingerprint density at radius 2 is 1.87 bits per heavy atom. The normalized spacial score (nSPS) is 15.3. The quantitative estimate of drug-likeness (QED) is 0.535. The number of thioether (sulfide) groups is 1. The number of hydrogen-bond donors (Lipinski definition) is 2. The summed E-state index contributed by atoms with van der Waals surface area (Å²) in [6, 6.07) is 18.2. The molecule has 0 saturated carbocycles. The molecule has 2 N–H and O–H groups in total. The summed E-state index contributed by atoms with van der Waals surface area (Å²) in [5.74, 6) is 0.917. The average Bonchev–Trinajstić information content (AvgIpc) is 3.04. The fourth-order valence-corrected chi connectivity index (χ4v) is 5.11. The van der Waals surface area contributed by atoms with Gasteiger partial charge in [0, 0.05) is 40.7 Å². The first-order chi connectivity index (χ1) is 15.0. The number of hydrogen-bond acceptors (Lipinski definition) is 6. The van der Waals surface area contributed by atoms with Crippen LogP contribution in [0, 0.1) is 0 Å². The first kappa shape index (κ1) is 21.1. The van der Waals surface area contributed by atoms with Gasteiger partial charge in [-0.2, -0.15) is 0 Å². The zero-order chi connectivity index (χ0) is 21.7. The van der Waals surface area contributed by atoms with Crippen molar-refractivity contribution < 1.29 is 13.2 Å². The third kappa shape index (κ3) is 5.31. The molecule has 0 fully saturated rings. The molecule has 31 heavy (non-hydrogen) atoms. The van der Waals surface area contributed by atoms with Gasteiger partial charge in [-0.15, -0.1) is 11.8 Å². The van der Waals surface area contributed by atoms with Crippen molar-refractivity contribution in [2.75, 3.05) is 11.9 Å². The Kier molecular flexibility index (Phi) is 6.34. The van der Waals surface area contributed by atoms with Gasteiger partial charge in [0.25, 0.3) is 10.0 Å². The second-order valence-electron chi connectivity index (χ2n) is 6.80. The maximum Gasteiger partial charge on any atom is 0.263 e. The predicted octanol–water partition coefficient (Wildman–Crippen LogP) is 3.44. The van der Waals surface area contributed by atoms with Gasteiger partial charge < -0.3 is 5.32 Å². The number of carbonyl (C=O) groups excluding carboxylic acids is 1. The molecule has 1 aliphatic heterocycles. The van der Waals surface area contributed by atoms with Crippen molar-refractivity contribution in [3.05, 3.63) is 84.2 Å². The Morgan fingerprint density at radius 3 is 2.65 bits per heavy atom. The van der Waals surface area contributed by atoms with Crippen LogP contribution in [0.2, 0.25) is 0 Å². The van der Waals surface area contributed by atoms with Crippen LogP contribution in [0.4, 0.5) is 5.69 Å². The van der Waals surface area contributed by atoms with E-state index in [4.69, 9.17) is 0 Å². The lowest BCUT2D eigenvalue weighted by Crippen LogP contribution is -2.23. The molecule has 0 unspecified atom stereocenters. The number of fused-ring (bicyclic) bond motifs is 1. The number of aliphatic imine (C=N–C) groups is 1. The van der Waals surface area contributed by atoms with E-state index in [-0.39, 0.29) is 29.6 Å². The first-order valence-corrected chi connectivity index (χ1v) is 12.1. The molecule has 7 nitrogen and oxygen atoms in total. The molecule has 1 aliphatic rings. The number of pyridine rings is 1. The van der Waals surface area contributed by atoms with Crippen LogP contribution in [0.3, 0.4) is 0 Å². The summed E-state index contributed by atoms with van der Waals surface area (Å²) < 4.78 is 26.6. The van der Waals surface area contributed by atoms with Crippen molar-refractivity contribution in [3.8, 4) is 0 Å². The van der Waals surface area contributed by atoms with Gasteiger partial charge in [0.1, 0.15) is 5.84 Å². The fraction of sp³-hybridized carbons (Fsp3) is 0.136. The van der Waals surface area contributed by atoms with E-state index in [1.165, 1.54) is 6.07 Å². The molecule has 0 spiro atoms. The minimum atomic E-state index is -3.57. The highest BCUT2D eigenvalue weighted by Crippen LogP contribution is 2.24. The van der Waals surface area contributed by atoms with E-state index in [9.17, 15) is 13.2 Å². The summed E-state index contributed by atoms with van der Waals surface area (Å²) in [4.78, 5) is 21.9. The van der Waals surface area contributed by atoms with Crippen LogP contribution < -0.4 is 10.0 Å². The third-order valence-corrected chi connectivity index (χ3v) is 7.02. The van der Waals surface area contributed by atoms with Crippen LogP contribution in [-0.2, 0) is 20.6 Å². The molecule has 1 aromatic heterocycles. The van der Waals surface area contributed by atoms with E-state index in [1.54, 1.807) is 36.2 Å². The lowest BCUT2D eigenvalue weighted by Gasteiger charge is -2.06. The van der Waals surface area contributed by atoms with Gasteiger partial charge in [0.05, 0.1) is 11.4 Å². The van der Waals surface area contributed by atoms with Crippen molar-refractivity contribution in [2.24, 2.45) is 4.99 Å². The van der Waals surface area contributed by atoms with Crippen LogP contribution in [0.15, 0.2) is 87.8 Å². The summed E-state index contributed by atoms with van der Waals surface area (Å²) in [6.07, 6.45) is 3.74. The van der Waals surface area contributed by atoms with Crippen LogP contribution >= 0.6 is 11.8 Å². The minimum Gasteiger partial charge on any atom is -0.326 e.